The van der Waals surface area contributed by atoms with E-state index in [0.717, 1.165) is 0 Å². The highest BCUT2D eigenvalue weighted by atomic mass is 16.6. The third kappa shape index (κ3) is 4.27. The van der Waals surface area contributed by atoms with Gasteiger partial charge in [-0.05, 0) is 24.3 Å². The molecule has 8 nitrogen and oxygen atoms in total. The Hall–Kier alpha value is -3.42. The number of non-ortho nitro benzene ring substituents is 1. The Kier molecular flexibility index (Phi) is 4.88. The molecule has 0 aromatic heterocycles. The zero-order chi connectivity index (χ0) is 16.8. The number of amides is 1. The van der Waals surface area contributed by atoms with Crippen molar-refractivity contribution in [1.29, 1.82) is 0 Å². The molecule has 0 aliphatic rings. The smallest absolute Gasteiger partial charge is 0.338 e. The van der Waals surface area contributed by atoms with Crippen molar-refractivity contribution in [2.75, 3.05) is 11.9 Å². The molecule has 2 aromatic carbocycles. The fourth-order valence-corrected chi connectivity index (χ4v) is 1.70. The molecular weight excluding hydrogens is 304 g/mol. The van der Waals surface area contributed by atoms with Gasteiger partial charge in [0.05, 0.1) is 16.2 Å². The van der Waals surface area contributed by atoms with Gasteiger partial charge in [0.1, 0.15) is 5.75 Å². The molecule has 0 saturated carbocycles. The van der Waals surface area contributed by atoms with Crippen molar-refractivity contribution in [2.24, 2.45) is 0 Å². The van der Waals surface area contributed by atoms with Crippen LogP contribution in [0.1, 0.15) is 10.4 Å². The maximum absolute atomic E-state index is 11.7. The highest BCUT2D eigenvalue weighted by molar-refractivity contribution is 5.96. The Morgan fingerprint density at radius 3 is 2.39 bits per heavy atom. The Bertz CT molecular complexity index is 742. The van der Waals surface area contributed by atoms with Crippen LogP contribution in [0.4, 0.5) is 11.4 Å². The van der Waals surface area contributed by atoms with Crippen LogP contribution >= 0.6 is 0 Å². The summed E-state index contributed by atoms with van der Waals surface area (Å²) >= 11 is 0. The molecule has 23 heavy (non-hydrogen) atoms. The van der Waals surface area contributed by atoms with Crippen molar-refractivity contribution in [1.82, 2.24) is 0 Å². The summed E-state index contributed by atoms with van der Waals surface area (Å²) in [6.45, 7) is -0.551. The number of esters is 1. The number of phenolic OH excluding ortho intramolecular Hbond substituents is 1. The monoisotopic (exact) mass is 316 g/mol. The second-order valence-electron chi connectivity index (χ2n) is 4.45. The van der Waals surface area contributed by atoms with E-state index in [1.807, 2.05) is 0 Å². The van der Waals surface area contributed by atoms with Gasteiger partial charge in [-0.25, -0.2) is 4.79 Å². The number of aromatic hydroxyl groups is 1. The summed E-state index contributed by atoms with van der Waals surface area (Å²) in [4.78, 5) is 33.3. The maximum atomic E-state index is 11.7. The normalized spacial score (nSPS) is 9.91. The number of rotatable bonds is 5. The van der Waals surface area contributed by atoms with Crippen molar-refractivity contribution in [3.63, 3.8) is 0 Å². The first-order valence-electron chi connectivity index (χ1n) is 6.47. The van der Waals surface area contributed by atoms with Crippen molar-refractivity contribution in [3.05, 3.63) is 64.2 Å². The lowest BCUT2D eigenvalue weighted by Gasteiger charge is -2.07. The van der Waals surface area contributed by atoms with Crippen LogP contribution in [0.25, 0.3) is 0 Å². The predicted octanol–water partition coefficient (Wildman–Crippen LogP) is 2.10. The molecule has 0 heterocycles. The zero-order valence-corrected chi connectivity index (χ0v) is 11.8. The van der Waals surface area contributed by atoms with Crippen LogP contribution in [0.3, 0.4) is 0 Å². The Balaban J connectivity index is 1.90. The third-order valence-corrected chi connectivity index (χ3v) is 2.83. The molecule has 0 unspecified atom stereocenters. The number of phenols is 1. The number of carbonyl (C=O) groups excluding carboxylic acids is 2. The summed E-state index contributed by atoms with van der Waals surface area (Å²) in [6.07, 6.45) is 0. The molecule has 0 bridgehead atoms. The first-order valence-corrected chi connectivity index (χ1v) is 6.47. The van der Waals surface area contributed by atoms with Crippen LogP contribution in [0.2, 0.25) is 0 Å². The molecule has 0 spiro atoms. The number of ether oxygens (including phenoxy) is 1. The van der Waals surface area contributed by atoms with E-state index in [-0.39, 0.29) is 22.7 Å². The lowest BCUT2D eigenvalue weighted by atomic mass is 10.2. The highest BCUT2D eigenvalue weighted by Crippen LogP contribution is 2.21. The number of benzene rings is 2. The van der Waals surface area contributed by atoms with Crippen LogP contribution in [0.15, 0.2) is 48.5 Å². The van der Waals surface area contributed by atoms with E-state index in [4.69, 9.17) is 4.74 Å². The first-order chi connectivity index (χ1) is 11.0. The van der Waals surface area contributed by atoms with Crippen LogP contribution in [0.5, 0.6) is 5.75 Å². The summed E-state index contributed by atoms with van der Waals surface area (Å²) in [7, 11) is 0. The molecule has 0 atom stereocenters. The van der Waals surface area contributed by atoms with Crippen LogP contribution < -0.4 is 5.32 Å². The van der Waals surface area contributed by atoms with E-state index in [1.54, 1.807) is 12.1 Å². The van der Waals surface area contributed by atoms with E-state index in [1.165, 1.54) is 36.4 Å². The fraction of sp³-hybridized carbons (Fsp3) is 0.0667. The summed E-state index contributed by atoms with van der Waals surface area (Å²) in [6, 6.07) is 10.9. The van der Waals surface area contributed by atoms with Gasteiger partial charge in [-0.3, -0.25) is 14.9 Å². The lowest BCUT2D eigenvalue weighted by molar-refractivity contribution is -0.384. The van der Waals surface area contributed by atoms with E-state index in [9.17, 15) is 24.8 Å². The minimum atomic E-state index is -0.785. The van der Waals surface area contributed by atoms with E-state index in [0.29, 0.717) is 0 Å². The van der Waals surface area contributed by atoms with Gasteiger partial charge in [0, 0.05) is 12.1 Å². The van der Waals surface area contributed by atoms with Crippen molar-refractivity contribution in [2.45, 2.75) is 0 Å². The number of carbonyl (C=O) groups is 2. The minimum absolute atomic E-state index is 0.0889. The van der Waals surface area contributed by atoms with E-state index < -0.39 is 23.4 Å². The maximum Gasteiger partial charge on any atom is 0.338 e. The molecule has 0 aliphatic heterocycles. The number of nitro benzene ring substituents is 1. The van der Waals surface area contributed by atoms with Crippen molar-refractivity contribution >= 4 is 23.3 Å². The summed E-state index contributed by atoms with van der Waals surface area (Å²) in [5.41, 5.74) is 0.133. The highest BCUT2D eigenvalue weighted by Gasteiger charge is 2.13. The summed E-state index contributed by atoms with van der Waals surface area (Å²) < 4.78 is 4.80. The number of hydrogen-bond donors (Lipinski definition) is 2. The summed E-state index contributed by atoms with van der Waals surface area (Å²) in [5, 5.41) is 22.4. The largest absolute Gasteiger partial charge is 0.506 e. The Morgan fingerprint density at radius 1 is 1.13 bits per heavy atom. The predicted molar refractivity (Wildman–Crippen MR) is 80.1 cm³/mol. The second kappa shape index (κ2) is 7.03. The number of hydrogen-bond acceptors (Lipinski definition) is 6. The van der Waals surface area contributed by atoms with Gasteiger partial charge >= 0.3 is 5.97 Å². The third-order valence-electron chi connectivity index (χ3n) is 2.83. The SMILES string of the molecule is O=C(COC(=O)c1ccc([N+](=O)[O-])cc1)Nc1ccccc1O. The fourth-order valence-electron chi connectivity index (χ4n) is 1.70. The molecule has 0 saturated heterocycles. The van der Waals surface area contributed by atoms with Crippen LogP contribution in [-0.4, -0.2) is 28.5 Å². The van der Waals surface area contributed by atoms with Gasteiger partial charge in [-0.2, -0.15) is 0 Å². The van der Waals surface area contributed by atoms with Crippen LogP contribution in [0, 0.1) is 10.1 Å². The summed E-state index contributed by atoms with van der Waals surface area (Å²) in [5.74, 6) is -1.52. The molecule has 2 N–H and O–H groups in total. The minimum Gasteiger partial charge on any atom is -0.506 e. The number of para-hydroxylation sites is 2. The average molecular weight is 316 g/mol. The lowest BCUT2D eigenvalue weighted by Crippen LogP contribution is -2.20. The zero-order valence-electron chi connectivity index (χ0n) is 11.8. The average Bonchev–Trinajstić information content (AvgIpc) is 2.55. The van der Waals surface area contributed by atoms with Gasteiger partial charge < -0.3 is 15.2 Å². The molecular formula is C15H12N2O6. The first kappa shape index (κ1) is 16.0. The second-order valence-corrected chi connectivity index (χ2v) is 4.45. The van der Waals surface area contributed by atoms with E-state index in [2.05, 4.69) is 5.32 Å². The van der Waals surface area contributed by atoms with Crippen molar-refractivity contribution in [3.8, 4) is 5.75 Å². The number of nitrogens with one attached hydrogen (secondary N) is 1. The van der Waals surface area contributed by atoms with Crippen molar-refractivity contribution < 1.29 is 24.4 Å². The molecule has 0 radical (unpaired) electrons. The molecule has 118 valence electrons. The van der Waals surface area contributed by atoms with Gasteiger partial charge in [0.2, 0.25) is 0 Å². The molecule has 0 fully saturated rings. The van der Waals surface area contributed by atoms with Gasteiger partial charge in [0.25, 0.3) is 11.6 Å². The Morgan fingerprint density at radius 2 is 1.78 bits per heavy atom. The topological polar surface area (TPSA) is 119 Å². The van der Waals surface area contributed by atoms with Crippen LogP contribution in [-0.2, 0) is 9.53 Å². The number of anilines is 1. The van der Waals surface area contributed by atoms with Gasteiger partial charge in [-0.15, -0.1) is 0 Å². The molecule has 0 aliphatic carbocycles. The standard InChI is InChI=1S/C15H12N2O6/c18-13-4-2-1-3-12(13)16-14(19)9-23-15(20)10-5-7-11(8-6-10)17(21)22/h1-8,18H,9H2,(H,16,19). The number of nitro groups is 1. The van der Waals surface area contributed by atoms with Gasteiger partial charge in [0.15, 0.2) is 6.61 Å². The number of nitrogens with zero attached hydrogens (tertiary/aromatic N) is 1. The quantitative estimate of drug-likeness (QED) is 0.377. The Labute approximate surface area is 130 Å². The van der Waals surface area contributed by atoms with E-state index >= 15 is 0 Å². The van der Waals surface area contributed by atoms with Gasteiger partial charge in [-0.1, -0.05) is 12.1 Å². The molecule has 8 heteroatoms. The molecule has 1 amide bonds. The molecule has 2 aromatic rings. The molecule has 2 rings (SSSR count).